The summed E-state index contributed by atoms with van der Waals surface area (Å²) in [7, 11) is 2.18. The van der Waals surface area contributed by atoms with Gasteiger partial charge in [0.1, 0.15) is 6.54 Å². The molecule has 5 nitrogen and oxygen atoms in total. The molecule has 0 spiro atoms. The smallest absolute Gasteiger partial charge is 0.306 e. The molecule has 0 saturated carbocycles. The normalized spacial score (nSPS) is 18.6. The molecule has 3 heterocycles. The van der Waals surface area contributed by atoms with Crippen LogP contribution in [0.5, 0.6) is 0 Å². The summed E-state index contributed by atoms with van der Waals surface area (Å²) in [6, 6.07) is 11.0. The first-order valence-corrected chi connectivity index (χ1v) is 10.3. The summed E-state index contributed by atoms with van der Waals surface area (Å²) in [6.45, 7) is 8.90. The van der Waals surface area contributed by atoms with Crippen LogP contribution in [0.25, 0.3) is 10.9 Å². The van der Waals surface area contributed by atoms with Crippen LogP contribution >= 0.6 is 0 Å². The monoisotopic (exact) mass is 392 g/mol. The molecule has 0 radical (unpaired) electrons. The molecule has 0 saturated heterocycles. The first kappa shape index (κ1) is 19.6. The fraction of sp³-hybridized carbons (Fsp3) is 0.417. The summed E-state index contributed by atoms with van der Waals surface area (Å²) in [5, 5.41) is 1.34. The van der Waals surface area contributed by atoms with Gasteiger partial charge in [0, 0.05) is 53.9 Å². The van der Waals surface area contributed by atoms with E-state index < -0.39 is 0 Å². The van der Waals surface area contributed by atoms with Crippen LogP contribution in [0.4, 0.5) is 0 Å². The number of hydrogen-bond acceptors (Lipinski definition) is 3. The Morgan fingerprint density at radius 2 is 2.07 bits per heavy atom. The van der Waals surface area contributed by atoms with E-state index in [0.717, 1.165) is 42.7 Å². The average Bonchev–Trinajstić information content (AvgIpc) is 2.98. The number of likely N-dealkylation sites (N-methyl/N-ethyl adjacent to an activating group) is 1. The van der Waals surface area contributed by atoms with Crippen LogP contribution in [0, 0.1) is 13.8 Å². The number of aryl methyl sites for hydroxylation is 4. The second-order valence-corrected chi connectivity index (χ2v) is 8.67. The van der Waals surface area contributed by atoms with Crippen LogP contribution in [0.2, 0.25) is 0 Å². The number of hydrogen-bond donors (Lipinski definition) is 0. The van der Waals surface area contributed by atoms with Gasteiger partial charge in [0.15, 0.2) is 0 Å². The molecule has 0 bridgehead atoms. The highest BCUT2D eigenvalue weighted by Crippen LogP contribution is 2.34. The zero-order valence-corrected chi connectivity index (χ0v) is 17.9. The lowest BCUT2D eigenvalue weighted by Crippen LogP contribution is -2.49. The topological polar surface area (TPSA) is 44.1 Å². The minimum atomic E-state index is -0.208. The molecule has 0 amide bonds. The molecular formula is C24H30N3O2+. The molecule has 1 aliphatic heterocycles. The van der Waals surface area contributed by atoms with E-state index >= 15 is 0 Å². The Morgan fingerprint density at radius 3 is 2.79 bits per heavy atom. The molecule has 3 aromatic rings. The number of fused-ring (bicyclic) bond motifs is 3. The van der Waals surface area contributed by atoms with E-state index in [0.29, 0.717) is 6.73 Å². The molecule has 0 N–H and O–H groups in total. The average molecular weight is 393 g/mol. The number of carbonyl (C=O) groups is 1. The van der Waals surface area contributed by atoms with Gasteiger partial charge in [-0.1, -0.05) is 17.7 Å². The number of pyridine rings is 1. The van der Waals surface area contributed by atoms with E-state index in [4.69, 9.17) is 4.74 Å². The van der Waals surface area contributed by atoms with Gasteiger partial charge < -0.3 is 9.30 Å². The molecule has 1 atom stereocenters. The van der Waals surface area contributed by atoms with Gasteiger partial charge in [-0.3, -0.25) is 14.3 Å². The van der Waals surface area contributed by atoms with E-state index in [2.05, 4.69) is 53.9 Å². The zero-order valence-electron chi connectivity index (χ0n) is 17.9. The highest BCUT2D eigenvalue weighted by molar-refractivity contribution is 5.86. The van der Waals surface area contributed by atoms with E-state index in [-0.39, 0.29) is 5.97 Å². The van der Waals surface area contributed by atoms with Gasteiger partial charge in [0.2, 0.25) is 6.73 Å². The summed E-state index contributed by atoms with van der Waals surface area (Å²) in [6.07, 6.45) is 3.95. The number of nitrogens with zero attached hydrogens (tertiary/aromatic N) is 3. The number of esters is 1. The Labute approximate surface area is 172 Å². The number of rotatable bonds is 5. The van der Waals surface area contributed by atoms with Crippen LogP contribution in [0.1, 0.15) is 35.0 Å². The Morgan fingerprint density at radius 1 is 1.24 bits per heavy atom. The van der Waals surface area contributed by atoms with Crippen molar-refractivity contribution in [1.82, 2.24) is 9.55 Å². The Hall–Kier alpha value is -2.66. The minimum Gasteiger partial charge on any atom is -0.415 e. The van der Waals surface area contributed by atoms with Crippen molar-refractivity contribution in [1.29, 1.82) is 0 Å². The molecule has 152 valence electrons. The molecule has 0 aliphatic carbocycles. The lowest BCUT2D eigenvalue weighted by Gasteiger charge is -2.37. The fourth-order valence-electron chi connectivity index (χ4n) is 4.39. The minimum absolute atomic E-state index is 0.208. The molecular weight excluding hydrogens is 362 g/mol. The maximum absolute atomic E-state index is 11.3. The van der Waals surface area contributed by atoms with Crippen LogP contribution in [-0.2, 0) is 35.5 Å². The highest BCUT2D eigenvalue weighted by Gasteiger charge is 2.33. The van der Waals surface area contributed by atoms with Crippen molar-refractivity contribution >= 4 is 16.9 Å². The van der Waals surface area contributed by atoms with E-state index in [1.807, 2.05) is 13.1 Å². The lowest BCUT2D eigenvalue weighted by atomic mass is 10.0. The number of quaternary nitrogens is 1. The maximum atomic E-state index is 11.3. The second kappa shape index (κ2) is 7.64. The Kier molecular flexibility index (Phi) is 5.17. The number of ether oxygens (including phenoxy) is 1. The maximum Gasteiger partial charge on any atom is 0.306 e. The van der Waals surface area contributed by atoms with Crippen LogP contribution in [0.15, 0.2) is 36.5 Å². The molecule has 29 heavy (non-hydrogen) atoms. The summed E-state index contributed by atoms with van der Waals surface area (Å²) in [5.41, 5.74) is 7.75. The largest absolute Gasteiger partial charge is 0.415 e. The number of benzene rings is 1. The van der Waals surface area contributed by atoms with Gasteiger partial charge in [-0.2, -0.15) is 0 Å². The lowest BCUT2D eigenvalue weighted by molar-refractivity contribution is -0.940. The van der Waals surface area contributed by atoms with E-state index in [1.54, 1.807) is 0 Å². The van der Waals surface area contributed by atoms with Crippen molar-refractivity contribution in [3.8, 4) is 0 Å². The van der Waals surface area contributed by atoms with Crippen molar-refractivity contribution in [2.75, 3.05) is 20.3 Å². The third-order valence-electron chi connectivity index (χ3n) is 6.05. The predicted molar refractivity (Wildman–Crippen MR) is 114 cm³/mol. The second-order valence-electron chi connectivity index (χ2n) is 8.67. The van der Waals surface area contributed by atoms with Crippen molar-refractivity contribution in [3.63, 3.8) is 0 Å². The van der Waals surface area contributed by atoms with Crippen molar-refractivity contribution < 1.29 is 14.0 Å². The van der Waals surface area contributed by atoms with Crippen molar-refractivity contribution in [3.05, 3.63) is 64.6 Å². The van der Waals surface area contributed by atoms with Crippen molar-refractivity contribution in [2.24, 2.45) is 0 Å². The summed E-state index contributed by atoms with van der Waals surface area (Å²) < 4.78 is 8.61. The van der Waals surface area contributed by atoms with E-state index in [9.17, 15) is 4.79 Å². The number of carbonyl (C=O) groups excluding carboxylic acids is 1. The Balaban J connectivity index is 1.67. The molecule has 2 aromatic heterocycles. The molecule has 1 aliphatic rings. The SMILES string of the molecule is CC(=O)OC[N+]1(C)CCc2c(c3cc(C)ccc3n2CCc2ccc(C)nc2)C1. The summed E-state index contributed by atoms with van der Waals surface area (Å²) in [4.78, 5) is 15.8. The van der Waals surface area contributed by atoms with Crippen molar-refractivity contribution in [2.45, 2.75) is 46.7 Å². The van der Waals surface area contributed by atoms with Gasteiger partial charge >= 0.3 is 5.97 Å². The standard InChI is InChI=1S/C24H30N3O2/c1-17-5-8-23-21(13-17)22-15-27(4,16-29-19(3)28)12-10-24(22)26(23)11-9-20-7-6-18(2)25-14-20/h5-8,13-14H,9-12,15-16H2,1-4H3/q+1. The zero-order chi connectivity index (χ0) is 20.6. The van der Waals surface area contributed by atoms with Gasteiger partial charge in [0.25, 0.3) is 0 Å². The molecule has 1 unspecified atom stereocenters. The Bertz CT molecular complexity index is 1050. The predicted octanol–water partition coefficient (Wildman–Crippen LogP) is 3.92. The molecule has 4 rings (SSSR count). The summed E-state index contributed by atoms with van der Waals surface area (Å²) >= 11 is 0. The fourth-order valence-corrected chi connectivity index (χ4v) is 4.39. The first-order valence-electron chi connectivity index (χ1n) is 10.3. The third-order valence-corrected chi connectivity index (χ3v) is 6.05. The molecule has 0 fully saturated rings. The van der Waals surface area contributed by atoms with Gasteiger partial charge in [0.05, 0.1) is 13.6 Å². The van der Waals surface area contributed by atoms with Crippen LogP contribution in [0.3, 0.4) is 0 Å². The molecule has 5 heteroatoms. The van der Waals surface area contributed by atoms with Gasteiger partial charge in [-0.15, -0.1) is 0 Å². The van der Waals surface area contributed by atoms with Crippen LogP contribution < -0.4 is 0 Å². The number of aromatic nitrogens is 2. The molecule has 1 aromatic carbocycles. The first-order chi connectivity index (χ1) is 13.8. The highest BCUT2D eigenvalue weighted by atomic mass is 16.5. The van der Waals surface area contributed by atoms with E-state index in [1.165, 1.54) is 40.2 Å². The van der Waals surface area contributed by atoms with Crippen LogP contribution in [-0.4, -0.2) is 40.3 Å². The third kappa shape index (κ3) is 4.06. The van der Waals surface area contributed by atoms with Gasteiger partial charge in [-0.05, 0) is 44.0 Å². The van der Waals surface area contributed by atoms with Gasteiger partial charge in [-0.25, -0.2) is 0 Å². The summed E-state index contributed by atoms with van der Waals surface area (Å²) in [5.74, 6) is -0.208. The quantitative estimate of drug-likeness (QED) is 0.488.